The molecule has 0 unspecified atom stereocenters. The Bertz CT molecular complexity index is 834. The van der Waals surface area contributed by atoms with E-state index in [1.807, 2.05) is 43.0 Å². The first-order chi connectivity index (χ1) is 12.9. The topological polar surface area (TPSA) is 76.0 Å². The Kier molecular flexibility index (Phi) is 6.15. The van der Waals surface area contributed by atoms with Crippen molar-refractivity contribution in [1.29, 1.82) is 0 Å². The van der Waals surface area contributed by atoms with Gasteiger partial charge in [0.25, 0.3) is 5.91 Å². The average molecular weight is 411 g/mol. The van der Waals surface area contributed by atoms with Gasteiger partial charge in [0, 0.05) is 23.3 Å². The first kappa shape index (κ1) is 20.2. The van der Waals surface area contributed by atoms with Crippen molar-refractivity contribution in [3.05, 3.63) is 29.8 Å². The van der Waals surface area contributed by atoms with E-state index in [9.17, 15) is 13.2 Å². The molecule has 1 aromatic rings. The molecule has 8 heteroatoms. The molecule has 2 fully saturated rings. The number of rotatable bonds is 6. The van der Waals surface area contributed by atoms with E-state index in [1.165, 1.54) is 11.8 Å². The molecule has 2 saturated heterocycles. The Morgan fingerprint density at radius 3 is 2.67 bits per heavy atom. The first-order valence-corrected chi connectivity index (χ1v) is 12.0. The number of sulfone groups is 1. The fraction of sp³-hybridized carbons (Fsp3) is 0.579. The number of hydrogen-bond donors (Lipinski definition) is 0. The van der Waals surface area contributed by atoms with Crippen LogP contribution in [0.4, 0.5) is 0 Å². The summed E-state index contributed by atoms with van der Waals surface area (Å²) in [7, 11) is -1.44. The summed E-state index contributed by atoms with van der Waals surface area (Å²) in [5.74, 6) is 0.796. The van der Waals surface area contributed by atoms with Crippen molar-refractivity contribution in [1.82, 2.24) is 4.90 Å². The first-order valence-electron chi connectivity index (χ1n) is 9.26. The summed E-state index contributed by atoms with van der Waals surface area (Å²) in [4.78, 5) is 19.0. The third kappa shape index (κ3) is 4.32. The van der Waals surface area contributed by atoms with Crippen LogP contribution in [0, 0.1) is 5.92 Å². The van der Waals surface area contributed by atoms with Crippen molar-refractivity contribution >= 4 is 32.7 Å². The standard InChI is InChI=1S/C19H26N2O4S2/c1-4-13(5-2)18(22)20-19-21(10-14-8-6-7-9-16(14)25-3)15-11-27(23,24)12-17(15)26-19/h6-9,13,15,17H,4-5,10-12H2,1-3H3/t15-,17-/m0/s1. The van der Waals surface area contributed by atoms with Crippen molar-refractivity contribution in [3.63, 3.8) is 0 Å². The molecule has 0 aromatic heterocycles. The van der Waals surface area contributed by atoms with Crippen molar-refractivity contribution in [2.45, 2.75) is 44.5 Å². The van der Waals surface area contributed by atoms with Gasteiger partial charge >= 0.3 is 0 Å². The maximum atomic E-state index is 12.6. The van der Waals surface area contributed by atoms with Crippen molar-refractivity contribution in [2.24, 2.45) is 10.9 Å². The number of amides is 1. The van der Waals surface area contributed by atoms with E-state index in [1.54, 1.807) is 7.11 Å². The number of benzene rings is 1. The smallest absolute Gasteiger partial charge is 0.251 e. The van der Waals surface area contributed by atoms with Crippen LogP contribution in [0.1, 0.15) is 32.3 Å². The van der Waals surface area contributed by atoms with Gasteiger partial charge in [-0.3, -0.25) is 4.79 Å². The summed E-state index contributed by atoms with van der Waals surface area (Å²) in [6, 6.07) is 7.51. The van der Waals surface area contributed by atoms with Crippen LogP contribution in [0.5, 0.6) is 5.75 Å². The molecule has 27 heavy (non-hydrogen) atoms. The number of ether oxygens (including phenoxy) is 1. The largest absolute Gasteiger partial charge is 0.496 e. The monoisotopic (exact) mass is 410 g/mol. The average Bonchev–Trinajstić information content (AvgIpc) is 3.09. The Morgan fingerprint density at radius 1 is 1.30 bits per heavy atom. The van der Waals surface area contributed by atoms with Gasteiger partial charge in [0.1, 0.15) is 5.75 Å². The number of methoxy groups -OCH3 is 1. The number of carbonyl (C=O) groups excluding carboxylic acids is 1. The summed E-state index contributed by atoms with van der Waals surface area (Å²) >= 11 is 1.43. The molecule has 2 heterocycles. The highest BCUT2D eigenvalue weighted by atomic mass is 32.2. The van der Waals surface area contributed by atoms with E-state index in [2.05, 4.69) is 4.99 Å². The maximum Gasteiger partial charge on any atom is 0.251 e. The fourth-order valence-corrected chi connectivity index (χ4v) is 7.62. The van der Waals surface area contributed by atoms with E-state index in [0.717, 1.165) is 24.2 Å². The van der Waals surface area contributed by atoms with Crippen molar-refractivity contribution < 1.29 is 17.9 Å². The van der Waals surface area contributed by atoms with Gasteiger partial charge in [0.05, 0.1) is 24.7 Å². The number of thioether (sulfide) groups is 1. The molecule has 1 amide bonds. The van der Waals surface area contributed by atoms with Crippen LogP contribution in [0.2, 0.25) is 0 Å². The maximum absolute atomic E-state index is 12.6. The quantitative estimate of drug-likeness (QED) is 0.718. The van der Waals surface area contributed by atoms with Crippen molar-refractivity contribution in [2.75, 3.05) is 18.6 Å². The van der Waals surface area contributed by atoms with Gasteiger partial charge < -0.3 is 9.64 Å². The highest BCUT2D eigenvalue weighted by molar-refractivity contribution is 8.15. The van der Waals surface area contributed by atoms with Crippen LogP contribution in [-0.4, -0.2) is 54.3 Å². The lowest BCUT2D eigenvalue weighted by atomic mass is 10.0. The molecule has 0 N–H and O–H groups in total. The summed E-state index contributed by atoms with van der Waals surface area (Å²) in [5.41, 5.74) is 0.952. The number of hydrogen-bond acceptors (Lipinski definition) is 5. The van der Waals surface area contributed by atoms with Crippen LogP contribution >= 0.6 is 11.8 Å². The highest BCUT2D eigenvalue weighted by Crippen LogP contribution is 2.40. The Labute approximate surface area is 165 Å². The van der Waals surface area contributed by atoms with E-state index in [0.29, 0.717) is 11.7 Å². The van der Waals surface area contributed by atoms with E-state index >= 15 is 0 Å². The normalized spacial score (nSPS) is 25.2. The summed E-state index contributed by atoms with van der Waals surface area (Å²) in [6.07, 6.45) is 1.51. The van der Waals surface area contributed by atoms with Gasteiger partial charge in [0.2, 0.25) is 0 Å². The fourth-order valence-electron chi connectivity index (χ4n) is 3.66. The summed E-state index contributed by atoms with van der Waals surface area (Å²) < 4.78 is 29.7. The number of amidine groups is 1. The molecule has 0 saturated carbocycles. The minimum Gasteiger partial charge on any atom is -0.496 e. The van der Waals surface area contributed by atoms with Gasteiger partial charge in [-0.1, -0.05) is 43.8 Å². The molecule has 3 rings (SSSR count). The molecule has 0 spiro atoms. The Morgan fingerprint density at radius 2 is 2.00 bits per heavy atom. The molecule has 0 radical (unpaired) electrons. The molecular weight excluding hydrogens is 384 g/mol. The zero-order valence-corrected chi connectivity index (χ0v) is 17.6. The molecule has 2 aliphatic heterocycles. The second-order valence-electron chi connectivity index (χ2n) is 6.99. The van der Waals surface area contributed by atoms with E-state index in [-0.39, 0.29) is 34.6 Å². The van der Waals surface area contributed by atoms with E-state index in [4.69, 9.17) is 4.74 Å². The molecule has 148 valence electrons. The van der Waals surface area contributed by atoms with Gasteiger partial charge in [0.15, 0.2) is 15.0 Å². The van der Waals surface area contributed by atoms with Gasteiger partial charge in [-0.25, -0.2) is 8.42 Å². The molecule has 2 aliphatic rings. The minimum absolute atomic E-state index is 0.0713. The van der Waals surface area contributed by atoms with Crippen LogP contribution in [-0.2, 0) is 21.2 Å². The number of nitrogens with zero attached hydrogens (tertiary/aromatic N) is 2. The second-order valence-corrected chi connectivity index (χ2v) is 10.3. The van der Waals surface area contributed by atoms with Gasteiger partial charge in [-0.2, -0.15) is 4.99 Å². The lowest BCUT2D eigenvalue weighted by molar-refractivity contribution is -0.121. The molecule has 0 aliphatic carbocycles. The molecular formula is C19H26N2O4S2. The molecule has 6 nitrogen and oxygen atoms in total. The summed E-state index contributed by atoms with van der Waals surface area (Å²) in [6.45, 7) is 4.45. The minimum atomic E-state index is -3.06. The zero-order valence-electron chi connectivity index (χ0n) is 15.9. The third-order valence-corrected chi connectivity index (χ3v) is 8.50. The molecule has 1 aromatic carbocycles. The second kappa shape index (κ2) is 8.22. The van der Waals surface area contributed by atoms with Crippen LogP contribution in [0.25, 0.3) is 0 Å². The van der Waals surface area contributed by atoms with Crippen LogP contribution < -0.4 is 4.74 Å². The lowest BCUT2D eigenvalue weighted by Crippen LogP contribution is -2.37. The summed E-state index contributed by atoms with van der Waals surface area (Å²) in [5, 5.41) is 0.570. The number of fused-ring (bicyclic) bond motifs is 1. The van der Waals surface area contributed by atoms with Crippen LogP contribution in [0.15, 0.2) is 29.3 Å². The SMILES string of the molecule is CCC(CC)C(=O)N=C1S[C@H]2CS(=O)(=O)C[C@@H]2N1Cc1ccccc1OC. The number of aliphatic imine (C=N–C) groups is 1. The predicted octanol–water partition coefficient (Wildman–Crippen LogP) is 2.73. The van der Waals surface area contributed by atoms with Gasteiger partial charge in [-0.05, 0) is 18.9 Å². The number of carbonyl (C=O) groups is 1. The molecule has 0 bridgehead atoms. The molecule has 2 atom stereocenters. The lowest BCUT2D eigenvalue weighted by Gasteiger charge is -2.25. The van der Waals surface area contributed by atoms with Crippen LogP contribution in [0.3, 0.4) is 0 Å². The van der Waals surface area contributed by atoms with Crippen molar-refractivity contribution in [3.8, 4) is 5.75 Å². The Balaban J connectivity index is 1.92. The Hall–Kier alpha value is -1.54. The third-order valence-electron chi connectivity index (χ3n) is 5.25. The number of para-hydroxylation sites is 1. The predicted molar refractivity (Wildman–Crippen MR) is 109 cm³/mol. The van der Waals surface area contributed by atoms with E-state index < -0.39 is 9.84 Å². The highest BCUT2D eigenvalue weighted by Gasteiger charge is 2.48. The van der Waals surface area contributed by atoms with Gasteiger partial charge in [-0.15, -0.1) is 0 Å². The zero-order chi connectivity index (χ0) is 19.6.